The summed E-state index contributed by atoms with van der Waals surface area (Å²) in [6.45, 7) is 5.19. The molecule has 0 aliphatic heterocycles. The van der Waals surface area contributed by atoms with Crippen LogP contribution in [0.25, 0.3) is 0 Å². The van der Waals surface area contributed by atoms with E-state index in [1.54, 1.807) is 13.3 Å². The zero-order chi connectivity index (χ0) is 18.2. The first-order valence-electron chi connectivity index (χ1n) is 7.87. The number of aryl methyl sites for hydroxylation is 1. The lowest BCUT2D eigenvalue weighted by Gasteiger charge is -2.08. The van der Waals surface area contributed by atoms with E-state index in [9.17, 15) is 9.18 Å². The second kappa shape index (κ2) is 8.98. The number of halogens is 1. The molecule has 0 fully saturated rings. The molecule has 1 aromatic carbocycles. The number of carbonyl (C=O) groups excluding carboxylic acids is 1. The minimum Gasteiger partial charge on any atom is -0.484 e. The van der Waals surface area contributed by atoms with Gasteiger partial charge >= 0.3 is 0 Å². The predicted octanol–water partition coefficient (Wildman–Crippen LogP) is 2.42. The number of aromatic nitrogens is 1. The highest BCUT2D eigenvalue weighted by Crippen LogP contribution is 2.13. The molecule has 134 valence electrons. The number of carbonyl (C=O) groups is 1. The first-order chi connectivity index (χ1) is 12.0. The molecule has 7 heteroatoms. The van der Waals surface area contributed by atoms with Crippen LogP contribution in [0.2, 0.25) is 0 Å². The maximum atomic E-state index is 12.8. The fraction of sp³-hybridized carbons (Fsp3) is 0.333. The minimum absolute atomic E-state index is 0.199. The Morgan fingerprint density at radius 3 is 2.72 bits per heavy atom. The number of benzene rings is 1. The van der Waals surface area contributed by atoms with Crippen molar-refractivity contribution in [3.05, 3.63) is 53.1 Å². The van der Waals surface area contributed by atoms with E-state index in [2.05, 4.69) is 15.1 Å². The van der Waals surface area contributed by atoms with E-state index in [-0.39, 0.29) is 12.4 Å². The van der Waals surface area contributed by atoms with Crippen LogP contribution in [-0.2, 0) is 16.1 Å². The van der Waals surface area contributed by atoms with Gasteiger partial charge in [0.1, 0.15) is 11.6 Å². The van der Waals surface area contributed by atoms with Crippen LogP contribution in [0.3, 0.4) is 0 Å². The Balaban J connectivity index is 1.85. The molecular formula is C18H22FN3O3. The first kappa shape index (κ1) is 18.7. The fourth-order valence-corrected chi connectivity index (χ4v) is 2.37. The Hall–Kier alpha value is -2.67. The van der Waals surface area contributed by atoms with Crippen molar-refractivity contribution in [2.45, 2.75) is 20.4 Å². The van der Waals surface area contributed by atoms with Crippen molar-refractivity contribution in [2.75, 3.05) is 20.3 Å². The number of hydrogen-bond acceptors (Lipinski definition) is 4. The van der Waals surface area contributed by atoms with Gasteiger partial charge in [0.05, 0.1) is 12.8 Å². The van der Waals surface area contributed by atoms with Crippen LogP contribution < -0.4 is 10.2 Å². The molecule has 25 heavy (non-hydrogen) atoms. The van der Waals surface area contributed by atoms with E-state index in [4.69, 9.17) is 9.47 Å². The van der Waals surface area contributed by atoms with Crippen LogP contribution in [0.4, 0.5) is 4.39 Å². The molecule has 1 N–H and O–H groups in total. The monoisotopic (exact) mass is 347 g/mol. The molecule has 0 radical (unpaired) electrons. The van der Waals surface area contributed by atoms with Crippen LogP contribution in [-0.4, -0.2) is 37.0 Å². The van der Waals surface area contributed by atoms with Gasteiger partial charge in [-0.25, -0.2) is 9.82 Å². The molecule has 0 spiro atoms. The smallest absolute Gasteiger partial charge is 0.277 e. The Morgan fingerprint density at radius 2 is 2.04 bits per heavy atom. The highest BCUT2D eigenvalue weighted by molar-refractivity contribution is 5.84. The van der Waals surface area contributed by atoms with Gasteiger partial charge in [-0.15, -0.1) is 0 Å². The second-order valence-corrected chi connectivity index (χ2v) is 5.51. The van der Waals surface area contributed by atoms with E-state index in [0.717, 1.165) is 23.5 Å². The summed E-state index contributed by atoms with van der Waals surface area (Å²) >= 11 is 0. The molecule has 1 amide bonds. The number of ether oxygens (including phenoxy) is 2. The lowest BCUT2D eigenvalue weighted by atomic mass is 10.3. The zero-order valence-corrected chi connectivity index (χ0v) is 14.6. The number of hydrogen-bond donors (Lipinski definition) is 1. The van der Waals surface area contributed by atoms with Gasteiger partial charge in [0.15, 0.2) is 6.61 Å². The van der Waals surface area contributed by atoms with Gasteiger partial charge < -0.3 is 14.0 Å². The average molecular weight is 347 g/mol. The maximum Gasteiger partial charge on any atom is 0.277 e. The van der Waals surface area contributed by atoms with Crippen molar-refractivity contribution >= 4 is 12.1 Å². The lowest BCUT2D eigenvalue weighted by Crippen LogP contribution is -2.24. The normalized spacial score (nSPS) is 11.0. The Morgan fingerprint density at radius 1 is 1.32 bits per heavy atom. The Bertz CT molecular complexity index is 739. The second-order valence-electron chi connectivity index (χ2n) is 5.51. The van der Waals surface area contributed by atoms with Crippen LogP contribution in [0.15, 0.2) is 35.4 Å². The van der Waals surface area contributed by atoms with Crippen molar-refractivity contribution in [1.29, 1.82) is 0 Å². The van der Waals surface area contributed by atoms with Crippen LogP contribution in [0.5, 0.6) is 5.75 Å². The molecule has 1 aromatic heterocycles. The third-order valence-electron chi connectivity index (χ3n) is 3.71. The number of amides is 1. The number of methoxy groups -OCH3 is 1. The van der Waals surface area contributed by atoms with Gasteiger partial charge in [-0.05, 0) is 44.2 Å². The van der Waals surface area contributed by atoms with Gasteiger partial charge in [-0.1, -0.05) is 0 Å². The van der Waals surface area contributed by atoms with Crippen LogP contribution in [0, 0.1) is 19.7 Å². The SMILES string of the molecule is COCCn1c(C)cc(C=NNC(=O)COc2ccc(F)cc2)c1C. The molecule has 2 rings (SSSR count). The summed E-state index contributed by atoms with van der Waals surface area (Å²) < 4.78 is 25.3. The fourth-order valence-electron chi connectivity index (χ4n) is 2.37. The van der Waals surface area contributed by atoms with E-state index in [0.29, 0.717) is 12.4 Å². The summed E-state index contributed by atoms with van der Waals surface area (Å²) in [4.78, 5) is 11.7. The van der Waals surface area contributed by atoms with Crippen molar-refractivity contribution in [3.8, 4) is 5.75 Å². The van der Waals surface area contributed by atoms with Crippen LogP contribution >= 0.6 is 0 Å². The molecule has 0 saturated heterocycles. The Kier molecular flexibility index (Phi) is 6.71. The minimum atomic E-state index is -0.395. The molecule has 2 aromatic rings. The summed E-state index contributed by atoms with van der Waals surface area (Å²) in [7, 11) is 1.67. The highest BCUT2D eigenvalue weighted by atomic mass is 19.1. The summed E-state index contributed by atoms with van der Waals surface area (Å²) in [5, 5.41) is 3.95. The van der Waals surface area contributed by atoms with Crippen molar-refractivity contribution < 1.29 is 18.7 Å². The van der Waals surface area contributed by atoms with Crippen molar-refractivity contribution in [1.82, 2.24) is 9.99 Å². The number of nitrogens with one attached hydrogen (secondary N) is 1. The zero-order valence-electron chi connectivity index (χ0n) is 14.6. The lowest BCUT2D eigenvalue weighted by molar-refractivity contribution is -0.123. The van der Waals surface area contributed by atoms with E-state index in [1.165, 1.54) is 24.3 Å². The summed E-state index contributed by atoms with van der Waals surface area (Å²) in [5.74, 6) is -0.333. The third-order valence-corrected chi connectivity index (χ3v) is 3.71. The number of hydrazone groups is 1. The molecule has 0 unspecified atom stereocenters. The first-order valence-corrected chi connectivity index (χ1v) is 7.87. The topological polar surface area (TPSA) is 64.8 Å². The largest absolute Gasteiger partial charge is 0.484 e. The predicted molar refractivity (Wildman–Crippen MR) is 93.4 cm³/mol. The van der Waals surface area contributed by atoms with E-state index >= 15 is 0 Å². The molecule has 0 aliphatic rings. The van der Waals surface area contributed by atoms with Gasteiger partial charge in [-0.2, -0.15) is 5.10 Å². The molecule has 0 saturated carbocycles. The standard InChI is InChI=1S/C18H22FN3O3/c1-13-10-15(14(2)22(13)8-9-24-3)11-20-21-18(23)12-25-17-6-4-16(19)5-7-17/h4-7,10-11H,8-9,12H2,1-3H3,(H,21,23). The summed E-state index contributed by atoms with van der Waals surface area (Å²) in [6.07, 6.45) is 1.60. The molecule has 1 heterocycles. The summed E-state index contributed by atoms with van der Waals surface area (Å²) in [5.41, 5.74) is 5.48. The van der Waals surface area contributed by atoms with Gasteiger partial charge in [-0.3, -0.25) is 4.79 Å². The quantitative estimate of drug-likeness (QED) is 0.589. The summed E-state index contributed by atoms with van der Waals surface area (Å²) in [6, 6.07) is 7.45. The molecular weight excluding hydrogens is 325 g/mol. The highest BCUT2D eigenvalue weighted by Gasteiger charge is 2.07. The van der Waals surface area contributed by atoms with Crippen molar-refractivity contribution in [3.63, 3.8) is 0 Å². The average Bonchev–Trinajstić information content (AvgIpc) is 2.86. The molecule has 0 bridgehead atoms. The van der Waals surface area contributed by atoms with Crippen molar-refractivity contribution in [2.24, 2.45) is 5.10 Å². The van der Waals surface area contributed by atoms with Gasteiger partial charge in [0, 0.05) is 30.6 Å². The Labute approximate surface area is 146 Å². The molecule has 6 nitrogen and oxygen atoms in total. The number of nitrogens with zero attached hydrogens (tertiary/aromatic N) is 2. The number of rotatable bonds is 8. The molecule has 0 atom stereocenters. The van der Waals surface area contributed by atoms with Gasteiger partial charge in [0.2, 0.25) is 0 Å². The third kappa shape index (κ3) is 5.42. The van der Waals surface area contributed by atoms with E-state index in [1.807, 2.05) is 19.9 Å². The van der Waals surface area contributed by atoms with Crippen LogP contribution in [0.1, 0.15) is 17.0 Å². The maximum absolute atomic E-state index is 12.8. The molecule has 0 aliphatic carbocycles. The van der Waals surface area contributed by atoms with Gasteiger partial charge in [0.25, 0.3) is 5.91 Å². The van der Waals surface area contributed by atoms with E-state index < -0.39 is 5.91 Å².